The first-order valence-corrected chi connectivity index (χ1v) is 15.8. The Morgan fingerprint density at radius 1 is 1.00 bits per heavy atom. The van der Waals surface area contributed by atoms with Gasteiger partial charge in [-0.05, 0) is 37.7 Å². The van der Waals surface area contributed by atoms with Gasteiger partial charge < -0.3 is 9.84 Å². The van der Waals surface area contributed by atoms with E-state index in [4.69, 9.17) is 27.9 Å². The fourth-order valence-electron chi connectivity index (χ4n) is 7.83. The maximum absolute atomic E-state index is 14.1. The Bertz CT molecular complexity index is 1300. The van der Waals surface area contributed by atoms with E-state index in [1.165, 1.54) is 4.90 Å². The first-order valence-electron chi connectivity index (χ1n) is 13.9. The molecule has 1 aromatic carbocycles. The molecule has 0 spiro atoms. The highest BCUT2D eigenvalue weighted by Crippen LogP contribution is 2.66. The van der Waals surface area contributed by atoms with Gasteiger partial charge in [0.25, 0.3) is 11.8 Å². The number of imide groups is 2. The lowest BCUT2D eigenvalue weighted by Crippen LogP contribution is -2.60. The summed E-state index contributed by atoms with van der Waals surface area (Å²) in [5.74, 6) is -3.87. The van der Waals surface area contributed by atoms with E-state index in [1.54, 1.807) is 24.3 Å². The number of ether oxygens (including phenoxy) is 1. The van der Waals surface area contributed by atoms with Gasteiger partial charge in [-0.3, -0.25) is 29.0 Å². The van der Waals surface area contributed by atoms with Crippen LogP contribution in [0.15, 0.2) is 35.9 Å². The molecule has 8 nitrogen and oxygen atoms in total. The van der Waals surface area contributed by atoms with E-state index in [-0.39, 0.29) is 42.9 Å². The molecule has 3 aliphatic carbocycles. The Labute approximate surface area is 251 Å². The number of rotatable bonds is 6. The van der Waals surface area contributed by atoms with Crippen LogP contribution < -0.4 is 4.74 Å². The number of likely N-dealkylation sites (tertiary alicyclic amines) is 2. The number of carbonyl (C=O) groups excluding carboxylic acids is 4. The van der Waals surface area contributed by atoms with Crippen LogP contribution in [0.25, 0.3) is 0 Å². The number of nitrogens with zero attached hydrogens (tertiary/aromatic N) is 2. The third-order valence-electron chi connectivity index (χ3n) is 9.57. The lowest BCUT2D eigenvalue weighted by Gasteiger charge is -2.51. The Morgan fingerprint density at radius 3 is 2.42 bits per heavy atom. The van der Waals surface area contributed by atoms with Gasteiger partial charge in [-0.15, -0.1) is 23.2 Å². The first kappa shape index (κ1) is 28.2. The lowest BCUT2D eigenvalue weighted by atomic mass is 9.56. The van der Waals surface area contributed by atoms with Crippen molar-refractivity contribution in [2.45, 2.75) is 66.7 Å². The molecule has 0 unspecified atom stereocenters. The molecule has 2 saturated carbocycles. The summed E-state index contributed by atoms with van der Waals surface area (Å²) in [6, 6.07) is 6.94. The van der Waals surface area contributed by atoms with Gasteiger partial charge in [0.2, 0.25) is 11.8 Å². The number of benzene rings is 1. The molecule has 0 radical (unpaired) electrons. The largest absolute Gasteiger partial charge is 0.491 e. The van der Waals surface area contributed by atoms with Gasteiger partial charge in [-0.1, -0.05) is 65.0 Å². The van der Waals surface area contributed by atoms with Crippen LogP contribution in [-0.2, 0) is 19.2 Å². The molecule has 40 heavy (non-hydrogen) atoms. The standard InChI is InChI=1S/C29H31BrCl2N2O6/c30-15-33-26(38)28(31)14-20-17(10-11-19-22(20)25(37)34(24(19)36)16-6-2-1-3-7-16)23(29(28,32)27(33)39)18-8-4-5-9-21(18)40-13-12-35/h4-5,8-10,16,19-20,22-23,35H,1-3,6-7,11-15H2/t19-,20+,22-,23+,28+,29-/m0/s1. The fraction of sp³-hybridized carbons (Fsp3) is 0.586. The number of para-hydroxylation sites is 1. The second-order valence-electron chi connectivity index (χ2n) is 11.4. The maximum Gasteiger partial charge on any atom is 0.254 e. The molecular weight excluding hydrogens is 623 g/mol. The lowest BCUT2D eigenvalue weighted by molar-refractivity contribution is -0.144. The van der Waals surface area contributed by atoms with E-state index in [1.807, 2.05) is 6.08 Å². The third-order valence-corrected chi connectivity index (χ3v) is 11.5. The molecule has 6 atom stereocenters. The van der Waals surface area contributed by atoms with Crippen LogP contribution in [0.2, 0.25) is 0 Å². The van der Waals surface area contributed by atoms with Crippen LogP contribution in [0.1, 0.15) is 56.4 Å². The quantitative estimate of drug-likeness (QED) is 0.215. The molecule has 5 aliphatic rings. The van der Waals surface area contributed by atoms with Crippen molar-refractivity contribution in [1.82, 2.24) is 9.80 Å². The Kier molecular flexibility index (Phi) is 7.33. The van der Waals surface area contributed by atoms with Gasteiger partial charge in [0.1, 0.15) is 12.4 Å². The number of allylic oxidation sites excluding steroid dienone is 2. The number of amides is 4. The van der Waals surface area contributed by atoms with E-state index in [2.05, 4.69) is 15.9 Å². The number of fused-ring (bicyclic) bond motifs is 4. The van der Waals surface area contributed by atoms with Crippen LogP contribution in [-0.4, -0.2) is 73.0 Å². The summed E-state index contributed by atoms with van der Waals surface area (Å²) in [6.45, 7) is -0.204. The van der Waals surface area contributed by atoms with Crippen LogP contribution in [0, 0.1) is 17.8 Å². The SMILES string of the molecule is O=C1[C@H]2[C@H](CC=C3[C@H]2C[C@@]2(Cl)C(=O)N(CBr)C(=O)[C@@]2(Cl)[C@H]3c2ccccc2OCCO)C(=O)N1C1CCCCC1. The molecule has 2 heterocycles. The molecule has 214 valence electrons. The first-order chi connectivity index (χ1) is 19.2. The predicted octanol–water partition coefficient (Wildman–Crippen LogP) is 4.10. The highest BCUT2D eigenvalue weighted by atomic mass is 79.9. The number of alkyl halides is 3. The Hall–Kier alpha value is -1.94. The van der Waals surface area contributed by atoms with Crippen LogP contribution >= 0.6 is 39.1 Å². The highest BCUT2D eigenvalue weighted by Gasteiger charge is 2.76. The minimum Gasteiger partial charge on any atom is -0.491 e. The van der Waals surface area contributed by atoms with Crippen LogP contribution in [0.3, 0.4) is 0 Å². The molecule has 0 aromatic heterocycles. The monoisotopic (exact) mass is 652 g/mol. The summed E-state index contributed by atoms with van der Waals surface area (Å²) in [6.07, 6.45) is 6.91. The summed E-state index contributed by atoms with van der Waals surface area (Å²) in [4.78, 5) is 54.2. The molecule has 2 aliphatic heterocycles. The predicted molar refractivity (Wildman–Crippen MR) is 151 cm³/mol. The number of hydrogen-bond acceptors (Lipinski definition) is 6. The van der Waals surface area contributed by atoms with E-state index < -0.39 is 45.2 Å². The van der Waals surface area contributed by atoms with Gasteiger partial charge in [0, 0.05) is 17.5 Å². The molecule has 4 fully saturated rings. The van der Waals surface area contributed by atoms with Crippen molar-refractivity contribution in [3.63, 3.8) is 0 Å². The molecule has 4 amide bonds. The van der Waals surface area contributed by atoms with Gasteiger partial charge >= 0.3 is 0 Å². The zero-order chi connectivity index (χ0) is 28.4. The van der Waals surface area contributed by atoms with E-state index >= 15 is 0 Å². The van der Waals surface area contributed by atoms with Crippen molar-refractivity contribution in [2.24, 2.45) is 17.8 Å². The molecule has 11 heteroatoms. The molecule has 2 saturated heterocycles. The summed E-state index contributed by atoms with van der Waals surface area (Å²) in [7, 11) is 0. The summed E-state index contributed by atoms with van der Waals surface area (Å²) >= 11 is 17.8. The van der Waals surface area contributed by atoms with Crippen molar-refractivity contribution < 1.29 is 29.0 Å². The van der Waals surface area contributed by atoms with Crippen molar-refractivity contribution in [1.29, 1.82) is 0 Å². The third kappa shape index (κ3) is 3.80. The minimum absolute atomic E-state index is 0.0158. The second-order valence-corrected chi connectivity index (χ2v) is 13.2. The van der Waals surface area contributed by atoms with Gasteiger partial charge in [-0.25, -0.2) is 0 Å². The van der Waals surface area contributed by atoms with Crippen LogP contribution in [0.5, 0.6) is 5.75 Å². The van der Waals surface area contributed by atoms with Gasteiger partial charge in [0.05, 0.1) is 23.9 Å². The Morgan fingerprint density at radius 2 is 1.73 bits per heavy atom. The van der Waals surface area contributed by atoms with E-state index in [0.717, 1.165) is 42.6 Å². The number of aliphatic hydroxyl groups is 1. The topological polar surface area (TPSA) is 104 Å². The van der Waals surface area contributed by atoms with Crippen molar-refractivity contribution >= 4 is 62.8 Å². The summed E-state index contributed by atoms with van der Waals surface area (Å²) in [5, 5.41) is 9.42. The normalized spacial score (nSPS) is 36.0. The smallest absolute Gasteiger partial charge is 0.254 e. The molecule has 0 bridgehead atoms. The van der Waals surface area contributed by atoms with Gasteiger partial charge in [0.15, 0.2) is 9.75 Å². The number of aliphatic hydroxyl groups excluding tert-OH is 1. The average Bonchev–Trinajstić information content (AvgIpc) is 3.30. The van der Waals surface area contributed by atoms with E-state index in [0.29, 0.717) is 17.7 Å². The minimum atomic E-state index is -1.89. The zero-order valence-electron chi connectivity index (χ0n) is 21.9. The Balaban J connectivity index is 1.50. The average molecular weight is 654 g/mol. The molecular formula is C29H31BrCl2N2O6. The number of hydrogen-bond donors (Lipinski definition) is 1. The molecule has 1 aromatic rings. The van der Waals surface area contributed by atoms with E-state index in [9.17, 15) is 24.3 Å². The van der Waals surface area contributed by atoms with Gasteiger partial charge in [-0.2, -0.15) is 0 Å². The molecule has 6 rings (SSSR count). The van der Waals surface area contributed by atoms with Crippen molar-refractivity contribution in [3.05, 3.63) is 41.5 Å². The summed E-state index contributed by atoms with van der Waals surface area (Å²) < 4.78 is 5.85. The highest BCUT2D eigenvalue weighted by molar-refractivity contribution is 9.09. The number of halogens is 3. The van der Waals surface area contributed by atoms with Crippen LogP contribution in [0.4, 0.5) is 0 Å². The molecule has 1 N–H and O–H groups in total. The maximum atomic E-state index is 14.1. The van der Waals surface area contributed by atoms with Crippen molar-refractivity contribution in [3.8, 4) is 5.75 Å². The fourth-order valence-corrected chi connectivity index (χ4v) is 9.25. The van der Waals surface area contributed by atoms with Crippen molar-refractivity contribution in [2.75, 3.05) is 18.7 Å². The second kappa shape index (κ2) is 10.4. The zero-order valence-corrected chi connectivity index (χ0v) is 25.0. The number of carbonyl (C=O) groups is 4. The summed E-state index contributed by atoms with van der Waals surface area (Å²) in [5.41, 5.74) is 1.20.